The topological polar surface area (TPSA) is 67.9 Å². The number of piperazine rings is 1. The summed E-state index contributed by atoms with van der Waals surface area (Å²) in [5.41, 5.74) is -0.00286. The molecule has 1 aromatic rings. The summed E-state index contributed by atoms with van der Waals surface area (Å²) < 4.78 is 10.2. The fourth-order valence-corrected chi connectivity index (χ4v) is 2.94. The molecule has 1 saturated heterocycles. The van der Waals surface area contributed by atoms with E-state index in [9.17, 15) is 9.59 Å². The zero-order chi connectivity index (χ0) is 19.2. The molecule has 2 rings (SSSR count). The van der Waals surface area contributed by atoms with Crippen LogP contribution >= 0.6 is 0 Å². The predicted octanol–water partition coefficient (Wildman–Crippen LogP) is 2.54. The van der Waals surface area contributed by atoms with Gasteiger partial charge in [-0.1, -0.05) is 36.4 Å². The number of rotatable bonds is 4. The highest BCUT2D eigenvalue weighted by Gasteiger charge is 2.36. The van der Waals surface area contributed by atoms with Crippen LogP contribution in [0, 0.1) is 0 Å². The minimum absolute atomic E-state index is 0.345. The predicted molar refractivity (Wildman–Crippen MR) is 99.8 cm³/mol. The van der Waals surface area contributed by atoms with Crippen molar-refractivity contribution in [2.45, 2.75) is 38.3 Å². The summed E-state index contributed by atoms with van der Waals surface area (Å²) in [5.74, 6) is -0.423. The van der Waals surface area contributed by atoms with Crippen LogP contribution in [-0.4, -0.2) is 54.8 Å². The van der Waals surface area contributed by atoms with Gasteiger partial charge in [0.25, 0.3) is 0 Å². The summed E-state index contributed by atoms with van der Waals surface area (Å²) in [6, 6.07) is 9.97. The average Bonchev–Trinajstić information content (AvgIpc) is 2.59. The first kappa shape index (κ1) is 20.0. The summed E-state index contributed by atoms with van der Waals surface area (Å²) in [7, 11) is 1.35. The summed E-state index contributed by atoms with van der Waals surface area (Å²) >= 11 is 0. The molecule has 0 saturated carbocycles. The first-order chi connectivity index (χ1) is 12.2. The lowest BCUT2D eigenvalue weighted by molar-refractivity contribution is -0.134. The zero-order valence-corrected chi connectivity index (χ0v) is 16.0. The number of ether oxygens (including phenoxy) is 2. The van der Waals surface area contributed by atoms with Crippen LogP contribution in [0.3, 0.4) is 0 Å². The van der Waals surface area contributed by atoms with E-state index in [4.69, 9.17) is 9.47 Å². The fraction of sp³-hybridized carbons (Fsp3) is 0.500. The van der Waals surface area contributed by atoms with Crippen molar-refractivity contribution in [2.75, 3.05) is 26.7 Å². The lowest BCUT2D eigenvalue weighted by atomic mass is 9.88. The molecule has 1 aromatic carbocycles. The molecule has 1 fully saturated rings. The second-order valence-electron chi connectivity index (χ2n) is 7.50. The van der Waals surface area contributed by atoms with Gasteiger partial charge in [0.15, 0.2) is 0 Å². The van der Waals surface area contributed by atoms with Crippen molar-refractivity contribution < 1.29 is 19.1 Å². The van der Waals surface area contributed by atoms with Gasteiger partial charge in [0, 0.05) is 25.7 Å². The summed E-state index contributed by atoms with van der Waals surface area (Å²) in [5, 5.41) is 3.46. The molecular weight excluding hydrogens is 332 g/mol. The molecule has 26 heavy (non-hydrogen) atoms. The smallest absolute Gasteiger partial charge is 0.410 e. The van der Waals surface area contributed by atoms with Crippen molar-refractivity contribution in [3.63, 3.8) is 0 Å². The molecule has 142 valence electrons. The van der Waals surface area contributed by atoms with Crippen molar-refractivity contribution >= 4 is 12.1 Å². The quantitative estimate of drug-likeness (QED) is 0.660. The van der Waals surface area contributed by atoms with E-state index >= 15 is 0 Å². The number of nitrogens with zero attached hydrogens (tertiary/aromatic N) is 1. The highest BCUT2D eigenvalue weighted by Crippen LogP contribution is 2.22. The van der Waals surface area contributed by atoms with Crippen LogP contribution in [0.4, 0.5) is 4.79 Å². The second kappa shape index (κ2) is 8.36. The molecule has 1 amide bonds. The van der Waals surface area contributed by atoms with E-state index < -0.39 is 17.1 Å². The monoisotopic (exact) mass is 360 g/mol. The Hall–Kier alpha value is -2.34. The number of nitrogens with one attached hydrogen (secondary N) is 1. The summed E-state index contributed by atoms with van der Waals surface area (Å²) in [4.78, 5) is 25.8. The van der Waals surface area contributed by atoms with E-state index in [1.54, 1.807) is 11.0 Å². The molecule has 1 N–H and O–H groups in total. The molecule has 1 heterocycles. The van der Waals surface area contributed by atoms with Crippen LogP contribution in [0.5, 0.6) is 0 Å². The Bertz CT molecular complexity index is 652. The SMILES string of the molecule is COC(=O)C=CC1(Cc2ccccc2)CN(C(=O)OC(C)(C)C)CCN1. The Morgan fingerprint density at radius 3 is 2.58 bits per heavy atom. The zero-order valence-electron chi connectivity index (χ0n) is 16.0. The third-order valence-electron chi connectivity index (χ3n) is 4.09. The van der Waals surface area contributed by atoms with Gasteiger partial charge in [-0.25, -0.2) is 9.59 Å². The van der Waals surface area contributed by atoms with Crippen molar-refractivity contribution in [1.29, 1.82) is 0 Å². The van der Waals surface area contributed by atoms with Crippen LogP contribution in [0.15, 0.2) is 42.5 Å². The molecule has 0 radical (unpaired) electrons. The Balaban J connectivity index is 2.23. The van der Waals surface area contributed by atoms with Crippen molar-refractivity contribution in [2.24, 2.45) is 0 Å². The lowest BCUT2D eigenvalue weighted by Gasteiger charge is -2.42. The Labute approximate surface area is 155 Å². The van der Waals surface area contributed by atoms with Gasteiger partial charge in [-0.2, -0.15) is 0 Å². The summed E-state index contributed by atoms with van der Waals surface area (Å²) in [6.07, 6.45) is 3.50. The van der Waals surface area contributed by atoms with Gasteiger partial charge in [0.1, 0.15) is 5.60 Å². The van der Waals surface area contributed by atoms with Gasteiger partial charge in [-0.3, -0.25) is 0 Å². The van der Waals surface area contributed by atoms with E-state index in [1.807, 2.05) is 51.1 Å². The third-order valence-corrected chi connectivity index (χ3v) is 4.09. The number of carbonyl (C=O) groups excluding carboxylic acids is 2. The normalized spacial score (nSPS) is 20.8. The van der Waals surface area contributed by atoms with Gasteiger partial charge in [0.2, 0.25) is 0 Å². The van der Waals surface area contributed by atoms with Crippen LogP contribution < -0.4 is 5.32 Å². The second-order valence-corrected chi connectivity index (χ2v) is 7.50. The molecule has 1 unspecified atom stereocenters. The Kier molecular flexibility index (Phi) is 6.42. The van der Waals surface area contributed by atoms with Gasteiger partial charge < -0.3 is 19.7 Å². The molecule has 1 aliphatic heterocycles. The van der Waals surface area contributed by atoms with Crippen LogP contribution in [0.25, 0.3) is 0 Å². The number of hydrogen-bond acceptors (Lipinski definition) is 5. The minimum Gasteiger partial charge on any atom is -0.466 e. The average molecular weight is 360 g/mol. The molecule has 6 heteroatoms. The van der Waals surface area contributed by atoms with Crippen LogP contribution in [-0.2, 0) is 20.7 Å². The number of carbonyl (C=O) groups is 2. The van der Waals surface area contributed by atoms with E-state index in [1.165, 1.54) is 13.2 Å². The van der Waals surface area contributed by atoms with E-state index in [0.29, 0.717) is 26.1 Å². The van der Waals surface area contributed by atoms with Gasteiger partial charge in [-0.05, 0) is 32.8 Å². The van der Waals surface area contributed by atoms with Gasteiger partial charge in [0.05, 0.1) is 12.6 Å². The molecule has 6 nitrogen and oxygen atoms in total. The van der Waals surface area contributed by atoms with Crippen molar-refractivity contribution in [3.05, 3.63) is 48.0 Å². The maximum atomic E-state index is 12.5. The molecule has 0 spiro atoms. The number of amides is 1. The van der Waals surface area contributed by atoms with E-state index in [0.717, 1.165) is 5.56 Å². The largest absolute Gasteiger partial charge is 0.466 e. The lowest BCUT2D eigenvalue weighted by Crippen LogP contribution is -2.62. The number of esters is 1. The molecule has 0 bridgehead atoms. The van der Waals surface area contributed by atoms with E-state index in [-0.39, 0.29) is 6.09 Å². The highest BCUT2D eigenvalue weighted by atomic mass is 16.6. The number of hydrogen-bond donors (Lipinski definition) is 1. The fourth-order valence-electron chi connectivity index (χ4n) is 2.94. The first-order valence-electron chi connectivity index (χ1n) is 8.77. The third kappa shape index (κ3) is 5.88. The van der Waals surface area contributed by atoms with Gasteiger partial charge in [-0.15, -0.1) is 0 Å². The standard InChI is InChI=1S/C20H28N2O4/c1-19(2,3)26-18(24)22-13-12-21-20(15-22,11-10-17(23)25-4)14-16-8-6-5-7-9-16/h5-11,21H,12-15H2,1-4H3. The van der Waals surface area contributed by atoms with Crippen LogP contribution in [0.2, 0.25) is 0 Å². The molecule has 1 aliphatic rings. The van der Waals surface area contributed by atoms with Gasteiger partial charge >= 0.3 is 12.1 Å². The Morgan fingerprint density at radius 2 is 1.96 bits per heavy atom. The number of benzene rings is 1. The first-order valence-corrected chi connectivity index (χ1v) is 8.77. The minimum atomic E-state index is -0.565. The van der Waals surface area contributed by atoms with E-state index in [2.05, 4.69) is 5.32 Å². The molecule has 0 aromatic heterocycles. The van der Waals surface area contributed by atoms with Crippen LogP contribution in [0.1, 0.15) is 26.3 Å². The summed E-state index contributed by atoms with van der Waals surface area (Å²) in [6.45, 7) is 7.11. The molecule has 1 atom stereocenters. The van der Waals surface area contributed by atoms with Crippen molar-refractivity contribution in [1.82, 2.24) is 10.2 Å². The highest BCUT2D eigenvalue weighted by molar-refractivity contribution is 5.82. The maximum absolute atomic E-state index is 12.5. The molecule has 0 aliphatic carbocycles. The maximum Gasteiger partial charge on any atom is 0.410 e. The molecular formula is C20H28N2O4. The number of methoxy groups -OCH3 is 1. The Morgan fingerprint density at radius 1 is 1.27 bits per heavy atom. The van der Waals surface area contributed by atoms with Crippen molar-refractivity contribution in [3.8, 4) is 0 Å².